The lowest BCUT2D eigenvalue weighted by Gasteiger charge is -2.27. The van der Waals surface area contributed by atoms with Crippen LogP contribution in [0.25, 0.3) is 0 Å². The molecular formula is C15H18N2OS. The molecule has 0 saturated carbocycles. The van der Waals surface area contributed by atoms with Gasteiger partial charge in [-0.15, -0.1) is 11.3 Å². The molecule has 3 nitrogen and oxygen atoms in total. The van der Waals surface area contributed by atoms with Crippen molar-refractivity contribution >= 4 is 11.3 Å². The van der Waals surface area contributed by atoms with E-state index in [1.807, 2.05) is 19.1 Å². The van der Waals surface area contributed by atoms with Crippen molar-refractivity contribution in [1.29, 1.82) is 0 Å². The highest BCUT2D eigenvalue weighted by Gasteiger charge is 2.40. The van der Waals surface area contributed by atoms with Crippen LogP contribution in [0.5, 0.6) is 5.75 Å². The number of hydrogen-bond donors (Lipinski definition) is 1. The number of ether oxygens (including phenoxy) is 1. The Bertz CT molecular complexity index is 591. The van der Waals surface area contributed by atoms with Gasteiger partial charge in [0, 0.05) is 23.2 Å². The Hall–Kier alpha value is -1.39. The Labute approximate surface area is 117 Å². The van der Waals surface area contributed by atoms with Crippen molar-refractivity contribution in [2.75, 3.05) is 0 Å². The average Bonchev–Trinajstić information content (AvgIpc) is 2.87. The normalized spacial score (nSPS) is 20.1. The lowest BCUT2D eigenvalue weighted by molar-refractivity contribution is 0.0958. The van der Waals surface area contributed by atoms with Crippen molar-refractivity contribution in [3.05, 3.63) is 45.9 Å². The summed E-state index contributed by atoms with van der Waals surface area (Å²) in [6.07, 6.45) is 0. The molecule has 1 aliphatic heterocycles. The van der Waals surface area contributed by atoms with Gasteiger partial charge in [0.05, 0.1) is 6.04 Å². The zero-order valence-corrected chi connectivity index (χ0v) is 12.3. The molecular weight excluding hydrogens is 256 g/mol. The summed E-state index contributed by atoms with van der Waals surface area (Å²) in [5.74, 6) is 0.986. The van der Waals surface area contributed by atoms with Gasteiger partial charge in [-0.2, -0.15) is 0 Å². The van der Waals surface area contributed by atoms with Crippen LogP contribution < -0.4 is 10.1 Å². The third-order valence-electron chi connectivity index (χ3n) is 3.42. The van der Waals surface area contributed by atoms with Gasteiger partial charge in [-0.1, -0.05) is 18.2 Å². The first-order chi connectivity index (χ1) is 9.06. The molecule has 1 N–H and O–H groups in total. The topological polar surface area (TPSA) is 34.1 Å². The maximum atomic E-state index is 6.02. The first-order valence-electron chi connectivity index (χ1n) is 6.48. The van der Waals surface area contributed by atoms with Crippen LogP contribution in [0.2, 0.25) is 0 Å². The fourth-order valence-corrected chi connectivity index (χ4v) is 3.28. The molecule has 1 atom stereocenters. The third-order valence-corrected chi connectivity index (χ3v) is 4.39. The molecule has 19 heavy (non-hydrogen) atoms. The molecule has 1 aromatic carbocycles. The highest BCUT2D eigenvalue weighted by atomic mass is 32.1. The quantitative estimate of drug-likeness (QED) is 0.930. The SMILES string of the molecule is Cc1csc(CNC2c3ccccc3OC2(C)C)n1. The maximum Gasteiger partial charge on any atom is 0.125 e. The van der Waals surface area contributed by atoms with Gasteiger partial charge in [0.25, 0.3) is 0 Å². The molecule has 1 aromatic heterocycles. The smallest absolute Gasteiger partial charge is 0.125 e. The molecule has 100 valence electrons. The lowest BCUT2D eigenvalue weighted by Crippen LogP contribution is -2.38. The number of para-hydroxylation sites is 1. The Balaban J connectivity index is 1.79. The molecule has 0 fully saturated rings. The summed E-state index contributed by atoms with van der Waals surface area (Å²) in [6.45, 7) is 7.05. The van der Waals surface area contributed by atoms with Crippen molar-refractivity contribution in [2.24, 2.45) is 0 Å². The van der Waals surface area contributed by atoms with E-state index in [-0.39, 0.29) is 11.6 Å². The number of hydrogen-bond acceptors (Lipinski definition) is 4. The van der Waals surface area contributed by atoms with E-state index >= 15 is 0 Å². The fourth-order valence-electron chi connectivity index (χ4n) is 2.56. The molecule has 4 heteroatoms. The summed E-state index contributed by atoms with van der Waals surface area (Å²) in [7, 11) is 0. The Morgan fingerprint density at radius 3 is 2.89 bits per heavy atom. The zero-order valence-electron chi connectivity index (χ0n) is 11.4. The van der Waals surface area contributed by atoms with Gasteiger partial charge in [-0.25, -0.2) is 4.98 Å². The minimum Gasteiger partial charge on any atom is -0.486 e. The molecule has 2 aromatic rings. The number of thiazole rings is 1. The van der Waals surface area contributed by atoms with Crippen LogP contribution in [0.4, 0.5) is 0 Å². The van der Waals surface area contributed by atoms with Crippen molar-refractivity contribution in [2.45, 2.75) is 39.0 Å². The van der Waals surface area contributed by atoms with E-state index in [0.717, 1.165) is 23.0 Å². The number of nitrogens with zero attached hydrogens (tertiary/aromatic N) is 1. The highest BCUT2D eigenvalue weighted by Crippen LogP contribution is 2.42. The van der Waals surface area contributed by atoms with Gasteiger partial charge in [-0.05, 0) is 26.8 Å². The van der Waals surface area contributed by atoms with Gasteiger partial charge < -0.3 is 10.1 Å². The second-order valence-corrected chi connectivity index (χ2v) is 6.38. The average molecular weight is 274 g/mol. The minimum atomic E-state index is -0.226. The van der Waals surface area contributed by atoms with E-state index in [2.05, 4.69) is 41.7 Å². The summed E-state index contributed by atoms with van der Waals surface area (Å²) < 4.78 is 6.02. The highest BCUT2D eigenvalue weighted by molar-refractivity contribution is 7.09. The molecule has 2 heterocycles. The van der Waals surface area contributed by atoms with E-state index < -0.39 is 0 Å². The summed E-state index contributed by atoms with van der Waals surface area (Å²) in [6, 6.07) is 8.45. The molecule has 1 unspecified atom stereocenters. The number of benzene rings is 1. The standard InChI is InChI=1S/C15H18N2OS/c1-10-9-19-13(17-10)8-16-14-11-6-4-5-7-12(11)18-15(14,2)3/h4-7,9,14,16H,8H2,1-3H3. The Kier molecular flexibility index (Phi) is 3.07. The number of rotatable bonds is 3. The van der Waals surface area contributed by atoms with Crippen LogP contribution in [0.1, 0.15) is 36.2 Å². The summed E-state index contributed by atoms with van der Waals surface area (Å²) >= 11 is 1.70. The van der Waals surface area contributed by atoms with E-state index in [1.165, 1.54) is 5.56 Å². The second-order valence-electron chi connectivity index (χ2n) is 5.44. The molecule has 0 bridgehead atoms. The maximum absolute atomic E-state index is 6.02. The number of fused-ring (bicyclic) bond motifs is 1. The molecule has 0 radical (unpaired) electrons. The first kappa shape index (κ1) is 12.6. The van der Waals surface area contributed by atoms with E-state index in [4.69, 9.17) is 4.74 Å². The molecule has 1 aliphatic rings. The van der Waals surface area contributed by atoms with E-state index in [1.54, 1.807) is 11.3 Å². The van der Waals surface area contributed by atoms with Gasteiger partial charge in [0.1, 0.15) is 16.4 Å². The van der Waals surface area contributed by atoms with Crippen LogP contribution in [0.3, 0.4) is 0 Å². The van der Waals surface area contributed by atoms with Crippen molar-refractivity contribution in [1.82, 2.24) is 10.3 Å². The number of aryl methyl sites for hydroxylation is 1. The van der Waals surface area contributed by atoms with Crippen molar-refractivity contribution in [3.63, 3.8) is 0 Å². The van der Waals surface area contributed by atoms with Crippen molar-refractivity contribution < 1.29 is 4.74 Å². The van der Waals surface area contributed by atoms with Crippen LogP contribution >= 0.6 is 11.3 Å². The van der Waals surface area contributed by atoms with Crippen LogP contribution in [0.15, 0.2) is 29.6 Å². The first-order valence-corrected chi connectivity index (χ1v) is 7.36. The monoisotopic (exact) mass is 274 g/mol. The van der Waals surface area contributed by atoms with Crippen LogP contribution in [-0.4, -0.2) is 10.6 Å². The van der Waals surface area contributed by atoms with E-state index in [0.29, 0.717) is 0 Å². The Morgan fingerprint density at radius 2 is 2.16 bits per heavy atom. The zero-order chi connectivity index (χ0) is 13.5. The van der Waals surface area contributed by atoms with Crippen LogP contribution in [-0.2, 0) is 6.54 Å². The molecule has 3 rings (SSSR count). The van der Waals surface area contributed by atoms with E-state index in [9.17, 15) is 0 Å². The third kappa shape index (κ3) is 2.38. The lowest BCUT2D eigenvalue weighted by atomic mass is 9.94. The van der Waals surface area contributed by atoms with Gasteiger partial charge >= 0.3 is 0 Å². The second kappa shape index (κ2) is 4.62. The van der Waals surface area contributed by atoms with Gasteiger partial charge in [-0.3, -0.25) is 0 Å². The molecule has 0 aliphatic carbocycles. The predicted molar refractivity (Wildman–Crippen MR) is 77.6 cm³/mol. The van der Waals surface area contributed by atoms with Crippen molar-refractivity contribution in [3.8, 4) is 5.75 Å². The van der Waals surface area contributed by atoms with Crippen LogP contribution in [0, 0.1) is 6.92 Å². The largest absolute Gasteiger partial charge is 0.486 e. The molecule has 0 spiro atoms. The molecule has 0 amide bonds. The minimum absolute atomic E-state index is 0.202. The summed E-state index contributed by atoms with van der Waals surface area (Å²) in [5.41, 5.74) is 2.10. The van der Waals surface area contributed by atoms with Gasteiger partial charge in [0.15, 0.2) is 0 Å². The number of nitrogens with one attached hydrogen (secondary N) is 1. The Morgan fingerprint density at radius 1 is 1.37 bits per heavy atom. The van der Waals surface area contributed by atoms with Gasteiger partial charge in [0.2, 0.25) is 0 Å². The summed E-state index contributed by atoms with van der Waals surface area (Å²) in [4.78, 5) is 4.49. The fraction of sp³-hybridized carbons (Fsp3) is 0.400. The summed E-state index contributed by atoms with van der Waals surface area (Å²) in [5, 5.41) is 6.79. The number of aromatic nitrogens is 1. The predicted octanol–water partition coefficient (Wildman–Crippen LogP) is 3.45. The molecule has 0 saturated heterocycles.